The minimum Gasteiger partial charge on any atom is -0.472 e. The van der Waals surface area contributed by atoms with E-state index in [-0.39, 0.29) is 29.3 Å². The largest absolute Gasteiger partial charge is 0.472 e. The summed E-state index contributed by atoms with van der Waals surface area (Å²) in [7, 11) is 0. The van der Waals surface area contributed by atoms with Gasteiger partial charge in [-0.25, -0.2) is 4.39 Å². The summed E-state index contributed by atoms with van der Waals surface area (Å²) in [5, 5.41) is 5.50. The van der Waals surface area contributed by atoms with E-state index in [1.807, 2.05) is 0 Å². The lowest BCUT2D eigenvalue weighted by molar-refractivity contribution is -0.123. The molecule has 1 saturated heterocycles. The van der Waals surface area contributed by atoms with Crippen molar-refractivity contribution in [1.29, 1.82) is 0 Å². The maximum atomic E-state index is 13.8. The van der Waals surface area contributed by atoms with Gasteiger partial charge in [0.1, 0.15) is 18.1 Å². The lowest BCUT2D eigenvalue weighted by atomic mass is 10.0. The third-order valence-electron chi connectivity index (χ3n) is 4.76. The molecule has 1 aliphatic rings. The lowest BCUT2D eigenvalue weighted by Gasteiger charge is -2.33. The van der Waals surface area contributed by atoms with Crippen molar-refractivity contribution in [2.24, 2.45) is 0 Å². The number of hydrogen-bond donors (Lipinski definition) is 2. The predicted molar refractivity (Wildman–Crippen MR) is 99.1 cm³/mol. The molecule has 28 heavy (non-hydrogen) atoms. The highest BCUT2D eigenvalue weighted by Crippen LogP contribution is 2.16. The van der Waals surface area contributed by atoms with Crippen LogP contribution in [0.1, 0.15) is 40.5 Å². The Labute approximate surface area is 161 Å². The molecule has 2 aromatic rings. The number of nitrogens with zero attached hydrogens (tertiary/aromatic N) is 1. The molecule has 0 unspecified atom stereocenters. The topological polar surface area (TPSA) is 91.7 Å². The number of benzene rings is 1. The highest BCUT2D eigenvalue weighted by molar-refractivity contribution is 5.97. The van der Waals surface area contributed by atoms with Gasteiger partial charge in [-0.05, 0) is 38.0 Å². The van der Waals surface area contributed by atoms with E-state index < -0.39 is 11.9 Å². The van der Waals surface area contributed by atoms with Crippen molar-refractivity contribution in [1.82, 2.24) is 15.5 Å². The van der Waals surface area contributed by atoms with Crippen LogP contribution in [0.15, 0.2) is 47.3 Å². The third kappa shape index (κ3) is 4.57. The summed E-state index contributed by atoms with van der Waals surface area (Å²) in [6, 6.07) is 6.60. The zero-order valence-corrected chi connectivity index (χ0v) is 15.5. The highest BCUT2D eigenvalue weighted by Gasteiger charge is 2.27. The molecule has 0 spiro atoms. The second-order valence-electron chi connectivity index (χ2n) is 6.76. The van der Waals surface area contributed by atoms with Crippen LogP contribution in [-0.2, 0) is 4.79 Å². The minimum atomic E-state index is -0.708. The van der Waals surface area contributed by atoms with Gasteiger partial charge in [-0.15, -0.1) is 0 Å². The van der Waals surface area contributed by atoms with Crippen LogP contribution in [0.5, 0.6) is 0 Å². The van der Waals surface area contributed by atoms with Gasteiger partial charge in [0.05, 0.1) is 17.4 Å². The predicted octanol–water partition coefficient (Wildman–Crippen LogP) is 1.96. The lowest BCUT2D eigenvalue weighted by Crippen LogP contribution is -2.51. The fraction of sp³-hybridized carbons (Fsp3) is 0.350. The van der Waals surface area contributed by atoms with Crippen LogP contribution < -0.4 is 10.6 Å². The number of amides is 3. The van der Waals surface area contributed by atoms with Crippen LogP contribution in [0.4, 0.5) is 4.39 Å². The zero-order chi connectivity index (χ0) is 20.1. The molecule has 0 bridgehead atoms. The number of piperidine rings is 1. The van der Waals surface area contributed by atoms with Crippen LogP contribution >= 0.6 is 0 Å². The van der Waals surface area contributed by atoms with Gasteiger partial charge in [0.25, 0.3) is 11.8 Å². The quantitative estimate of drug-likeness (QED) is 0.820. The maximum Gasteiger partial charge on any atom is 0.256 e. The molecule has 7 nitrogen and oxygen atoms in total. The smallest absolute Gasteiger partial charge is 0.256 e. The van der Waals surface area contributed by atoms with E-state index in [9.17, 15) is 18.8 Å². The van der Waals surface area contributed by atoms with Crippen molar-refractivity contribution in [3.05, 3.63) is 59.8 Å². The molecule has 1 aromatic carbocycles. The average molecular weight is 387 g/mol. The first-order valence-electron chi connectivity index (χ1n) is 9.13. The second kappa shape index (κ2) is 8.69. The Morgan fingerprint density at radius 2 is 1.89 bits per heavy atom. The number of carbonyl (C=O) groups excluding carboxylic acids is 3. The normalized spacial score (nSPS) is 15.7. The van der Waals surface area contributed by atoms with E-state index in [2.05, 4.69) is 10.6 Å². The van der Waals surface area contributed by atoms with Gasteiger partial charge in [0, 0.05) is 19.1 Å². The van der Waals surface area contributed by atoms with Gasteiger partial charge in [-0.1, -0.05) is 12.1 Å². The molecule has 148 valence electrons. The first-order valence-corrected chi connectivity index (χ1v) is 9.13. The molecular weight excluding hydrogens is 365 g/mol. The van der Waals surface area contributed by atoms with Crippen molar-refractivity contribution in [2.75, 3.05) is 13.1 Å². The van der Waals surface area contributed by atoms with E-state index >= 15 is 0 Å². The maximum absolute atomic E-state index is 13.8. The highest BCUT2D eigenvalue weighted by atomic mass is 19.1. The Kier molecular flexibility index (Phi) is 6.08. The molecule has 8 heteroatoms. The van der Waals surface area contributed by atoms with E-state index in [4.69, 9.17) is 4.42 Å². The van der Waals surface area contributed by atoms with Crippen LogP contribution in [0, 0.1) is 5.82 Å². The standard InChI is InChI=1S/C20H22FN3O4/c1-13(22-19(26)14-8-11-28-12-14)18(25)23-15-6-9-24(10-7-15)20(27)16-4-2-3-5-17(16)21/h2-5,8,11-13,15H,6-7,9-10H2,1H3,(H,22,26)(H,23,25)/t13-/m0/s1. The first kappa shape index (κ1) is 19.6. The molecular formula is C20H22FN3O4. The summed E-state index contributed by atoms with van der Waals surface area (Å²) in [5.41, 5.74) is 0.403. The van der Waals surface area contributed by atoms with Gasteiger partial charge in [-0.3, -0.25) is 14.4 Å². The van der Waals surface area contributed by atoms with E-state index in [0.717, 1.165) is 0 Å². The molecule has 2 N–H and O–H groups in total. The number of likely N-dealkylation sites (tertiary alicyclic amines) is 1. The monoisotopic (exact) mass is 387 g/mol. The van der Waals surface area contributed by atoms with Crippen LogP contribution in [0.25, 0.3) is 0 Å². The second-order valence-corrected chi connectivity index (χ2v) is 6.76. The number of furan rings is 1. The summed E-state index contributed by atoms with van der Waals surface area (Å²) in [4.78, 5) is 38.3. The van der Waals surface area contributed by atoms with Gasteiger partial charge >= 0.3 is 0 Å². The Morgan fingerprint density at radius 1 is 1.18 bits per heavy atom. The van der Waals surface area contributed by atoms with Gasteiger partial charge in [-0.2, -0.15) is 0 Å². The number of rotatable bonds is 5. The molecule has 2 heterocycles. The molecule has 0 aliphatic carbocycles. The third-order valence-corrected chi connectivity index (χ3v) is 4.76. The summed E-state index contributed by atoms with van der Waals surface area (Å²) in [6.45, 7) is 2.45. The number of hydrogen-bond acceptors (Lipinski definition) is 4. The van der Waals surface area contributed by atoms with Crippen molar-refractivity contribution < 1.29 is 23.2 Å². The molecule has 0 radical (unpaired) electrons. The Bertz CT molecular complexity index is 845. The van der Waals surface area contributed by atoms with Crippen LogP contribution in [0.3, 0.4) is 0 Å². The molecule has 1 aliphatic heterocycles. The van der Waals surface area contributed by atoms with Gasteiger partial charge in [0.15, 0.2) is 0 Å². The fourth-order valence-corrected chi connectivity index (χ4v) is 3.10. The van der Waals surface area contributed by atoms with Gasteiger partial charge in [0.2, 0.25) is 5.91 Å². The Hall–Kier alpha value is -3.16. The van der Waals surface area contributed by atoms with Crippen molar-refractivity contribution in [2.45, 2.75) is 31.8 Å². The SMILES string of the molecule is C[C@H](NC(=O)c1ccoc1)C(=O)NC1CCN(C(=O)c2ccccc2F)CC1. The van der Waals surface area contributed by atoms with Gasteiger partial charge < -0.3 is 20.0 Å². The minimum absolute atomic E-state index is 0.0561. The van der Waals surface area contributed by atoms with E-state index in [1.54, 1.807) is 24.0 Å². The fourth-order valence-electron chi connectivity index (χ4n) is 3.10. The van der Waals surface area contributed by atoms with E-state index in [0.29, 0.717) is 31.5 Å². The molecule has 1 fully saturated rings. The van der Waals surface area contributed by atoms with Crippen LogP contribution in [-0.4, -0.2) is 47.8 Å². The molecule has 3 rings (SSSR count). The molecule has 1 aromatic heterocycles. The first-order chi connectivity index (χ1) is 13.5. The summed E-state index contributed by atoms with van der Waals surface area (Å²) >= 11 is 0. The number of carbonyl (C=O) groups is 3. The summed E-state index contributed by atoms with van der Waals surface area (Å²) in [5.74, 6) is -1.56. The average Bonchev–Trinajstić information content (AvgIpc) is 3.23. The summed E-state index contributed by atoms with van der Waals surface area (Å²) in [6.07, 6.45) is 3.82. The number of nitrogens with one attached hydrogen (secondary N) is 2. The Balaban J connectivity index is 1.47. The Morgan fingerprint density at radius 3 is 2.54 bits per heavy atom. The van der Waals surface area contributed by atoms with Crippen molar-refractivity contribution in [3.8, 4) is 0 Å². The molecule has 1 atom stereocenters. The molecule has 0 saturated carbocycles. The summed E-state index contributed by atoms with van der Waals surface area (Å²) < 4.78 is 18.6. The van der Waals surface area contributed by atoms with Crippen LogP contribution in [0.2, 0.25) is 0 Å². The van der Waals surface area contributed by atoms with Crippen molar-refractivity contribution >= 4 is 17.7 Å². The van der Waals surface area contributed by atoms with Crippen molar-refractivity contribution in [3.63, 3.8) is 0 Å². The van der Waals surface area contributed by atoms with E-state index in [1.165, 1.54) is 30.7 Å². The zero-order valence-electron chi connectivity index (χ0n) is 15.5. The molecule has 3 amide bonds. The number of halogens is 1.